The highest BCUT2D eigenvalue weighted by Crippen LogP contribution is 2.28. The Labute approximate surface area is 250 Å². The lowest BCUT2D eigenvalue weighted by atomic mass is 9.96. The van der Waals surface area contributed by atoms with E-state index in [-0.39, 0.29) is 40.4 Å². The molecule has 0 amide bonds. The van der Waals surface area contributed by atoms with E-state index in [0.29, 0.717) is 29.3 Å². The number of phenolic OH excluding ortho intramolecular Hbond substituents is 1. The number of carbonyl (C=O) groups is 1. The number of halogens is 1. The van der Waals surface area contributed by atoms with Gasteiger partial charge in [-0.1, -0.05) is 54.1 Å². The number of aromatic hydroxyl groups is 1. The van der Waals surface area contributed by atoms with E-state index >= 15 is 0 Å². The van der Waals surface area contributed by atoms with Crippen LogP contribution in [0.15, 0.2) is 107 Å². The molecule has 2 atom stereocenters. The van der Waals surface area contributed by atoms with Crippen molar-refractivity contribution in [1.29, 1.82) is 0 Å². The Hall–Kier alpha value is -3.89. The quantitative estimate of drug-likeness (QED) is 0.137. The Kier molecular flexibility index (Phi) is 10.6. The lowest BCUT2D eigenvalue weighted by Gasteiger charge is -2.25. The van der Waals surface area contributed by atoms with Crippen LogP contribution < -0.4 is 10.1 Å². The first-order valence-electron chi connectivity index (χ1n) is 13.4. The monoisotopic (exact) mass is 609 g/mol. The van der Waals surface area contributed by atoms with Crippen LogP contribution in [0.1, 0.15) is 34.5 Å². The maximum absolute atomic E-state index is 13.2. The van der Waals surface area contributed by atoms with Gasteiger partial charge in [0.15, 0.2) is 0 Å². The normalized spacial score (nSPS) is 12.8. The molecule has 8 nitrogen and oxygen atoms in total. The average molecular weight is 610 g/mol. The smallest absolute Gasteiger partial charge is 0.341 e. The molecule has 0 fully saturated rings. The molecule has 4 aromatic rings. The molecule has 42 heavy (non-hydrogen) atoms. The van der Waals surface area contributed by atoms with Crippen molar-refractivity contribution in [3.05, 3.63) is 119 Å². The molecular formula is C32H32ClNO7S. The summed E-state index contributed by atoms with van der Waals surface area (Å²) in [4.78, 5) is 11.9. The number of esters is 1. The summed E-state index contributed by atoms with van der Waals surface area (Å²) in [5.41, 5.74) is 1.55. The Bertz CT molecular complexity index is 1600. The van der Waals surface area contributed by atoms with Crippen molar-refractivity contribution in [3.8, 4) is 11.5 Å². The molecule has 0 aliphatic heterocycles. The van der Waals surface area contributed by atoms with Gasteiger partial charge in [0.1, 0.15) is 23.7 Å². The minimum Gasteiger partial charge on any atom is -0.507 e. The number of nitrogens with one attached hydrogen (secondary N) is 1. The van der Waals surface area contributed by atoms with E-state index in [4.69, 9.17) is 21.1 Å². The molecule has 0 bridgehead atoms. The minimum atomic E-state index is -3.97. The van der Waals surface area contributed by atoms with Gasteiger partial charge in [-0.2, -0.15) is 0 Å². The Morgan fingerprint density at radius 3 is 2.33 bits per heavy atom. The van der Waals surface area contributed by atoms with Crippen LogP contribution >= 0.6 is 11.6 Å². The number of carbonyl (C=O) groups excluding carboxylic acids is 1. The summed E-state index contributed by atoms with van der Waals surface area (Å²) in [5.74, 6) is -0.713. The van der Waals surface area contributed by atoms with Crippen molar-refractivity contribution in [3.63, 3.8) is 0 Å². The molecule has 10 heteroatoms. The van der Waals surface area contributed by atoms with Crippen molar-refractivity contribution in [2.45, 2.75) is 35.3 Å². The fourth-order valence-corrected chi connectivity index (χ4v) is 5.89. The number of benzene rings is 4. The van der Waals surface area contributed by atoms with Crippen molar-refractivity contribution < 1.29 is 32.9 Å². The lowest BCUT2D eigenvalue weighted by Crippen LogP contribution is -2.39. The van der Waals surface area contributed by atoms with E-state index < -0.39 is 21.9 Å². The Balaban J connectivity index is 1.39. The van der Waals surface area contributed by atoms with Gasteiger partial charge in [0, 0.05) is 17.6 Å². The third kappa shape index (κ3) is 7.89. The Morgan fingerprint density at radius 2 is 1.64 bits per heavy atom. The third-order valence-electron chi connectivity index (χ3n) is 6.55. The van der Waals surface area contributed by atoms with Gasteiger partial charge < -0.3 is 25.0 Å². The molecule has 220 valence electrons. The number of sulfone groups is 1. The van der Waals surface area contributed by atoms with Crippen molar-refractivity contribution >= 4 is 27.4 Å². The molecule has 1 unspecified atom stereocenters. The standard InChI is InChI=1S/C32H32ClNO7S/c1-2-40-32(37)28-21-27(15-16-30(28)35)42(38,39)26-13-11-25(12-14-26)41-18-17-34-29(19-22-7-4-3-5-8-22)31(36)23-9-6-10-24(33)20-23/h3-16,20-21,29,31,34-36H,2,17-19H2,1H3/t29?,31-/m1/s1. The summed E-state index contributed by atoms with van der Waals surface area (Å²) >= 11 is 6.14. The van der Waals surface area contributed by atoms with Gasteiger partial charge in [-0.15, -0.1) is 0 Å². The molecule has 0 radical (unpaired) electrons. The molecule has 0 saturated carbocycles. The van der Waals surface area contributed by atoms with E-state index in [1.165, 1.54) is 18.2 Å². The lowest BCUT2D eigenvalue weighted by molar-refractivity contribution is 0.0522. The highest BCUT2D eigenvalue weighted by atomic mass is 35.5. The fourth-order valence-electron chi connectivity index (χ4n) is 4.41. The van der Waals surface area contributed by atoms with E-state index in [2.05, 4.69) is 5.32 Å². The summed E-state index contributed by atoms with van der Waals surface area (Å²) in [7, 11) is -3.97. The second kappa shape index (κ2) is 14.3. The molecule has 0 heterocycles. The summed E-state index contributed by atoms with van der Waals surface area (Å²) in [5, 5.41) is 25.0. The molecule has 0 aromatic heterocycles. The number of hydrogen-bond acceptors (Lipinski definition) is 8. The van der Waals surface area contributed by atoms with E-state index in [1.54, 1.807) is 37.3 Å². The van der Waals surface area contributed by atoms with Crippen LogP contribution in [0.3, 0.4) is 0 Å². The van der Waals surface area contributed by atoms with Gasteiger partial charge in [0.25, 0.3) is 0 Å². The van der Waals surface area contributed by atoms with Crippen LogP contribution in [0, 0.1) is 0 Å². The first-order valence-corrected chi connectivity index (χ1v) is 15.2. The van der Waals surface area contributed by atoms with E-state index in [9.17, 15) is 23.4 Å². The van der Waals surface area contributed by atoms with Crippen LogP contribution in [-0.4, -0.2) is 50.4 Å². The average Bonchev–Trinajstić information content (AvgIpc) is 2.99. The summed E-state index contributed by atoms with van der Waals surface area (Å²) in [6, 6.07) is 26.1. The van der Waals surface area contributed by atoms with Crippen LogP contribution in [0.2, 0.25) is 5.02 Å². The van der Waals surface area contributed by atoms with Crippen LogP contribution in [0.4, 0.5) is 0 Å². The van der Waals surface area contributed by atoms with Crippen LogP contribution in [0.5, 0.6) is 11.5 Å². The molecular weight excluding hydrogens is 578 g/mol. The van der Waals surface area contributed by atoms with Crippen LogP contribution in [-0.2, 0) is 21.0 Å². The summed E-state index contributed by atoms with van der Waals surface area (Å²) < 4.78 is 37.0. The van der Waals surface area contributed by atoms with E-state index in [1.807, 2.05) is 36.4 Å². The minimum absolute atomic E-state index is 0.000966. The van der Waals surface area contributed by atoms with Crippen molar-refractivity contribution in [2.24, 2.45) is 0 Å². The topological polar surface area (TPSA) is 122 Å². The molecule has 0 spiro atoms. The number of phenols is 1. The van der Waals surface area contributed by atoms with Gasteiger partial charge >= 0.3 is 5.97 Å². The zero-order valence-corrected chi connectivity index (χ0v) is 24.5. The number of rotatable bonds is 13. The molecule has 4 aromatic carbocycles. The first kappa shape index (κ1) is 31.1. The van der Waals surface area contributed by atoms with Gasteiger partial charge in [-0.3, -0.25) is 0 Å². The maximum atomic E-state index is 13.2. The number of ether oxygens (including phenoxy) is 2. The van der Waals surface area contributed by atoms with Gasteiger partial charge in [0.05, 0.1) is 22.5 Å². The van der Waals surface area contributed by atoms with Crippen LogP contribution in [0.25, 0.3) is 0 Å². The van der Waals surface area contributed by atoms with Crippen molar-refractivity contribution in [2.75, 3.05) is 19.8 Å². The van der Waals surface area contributed by atoms with Gasteiger partial charge in [-0.25, -0.2) is 13.2 Å². The SMILES string of the molecule is CCOC(=O)c1cc(S(=O)(=O)c2ccc(OCCNC(Cc3ccccc3)[C@H](O)c3cccc(Cl)c3)cc2)ccc1O. The predicted molar refractivity (Wildman–Crippen MR) is 160 cm³/mol. The highest BCUT2D eigenvalue weighted by Gasteiger charge is 2.23. The molecule has 0 aliphatic rings. The zero-order valence-electron chi connectivity index (χ0n) is 22.9. The second-order valence-corrected chi connectivity index (χ2v) is 11.9. The second-order valence-electron chi connectivity index (χ2n) is 9.47. The maximum Gasteiger partial charge on any atom is 0.341 e. The highest BCUT2D eigenvalue weighted by molar-refractivity contribution is 7.91. The van der Waals surface area contributed by atoms with Gasteiger partial charge in [0.2, 0.25) is 9.84 Å². The first-order chi connectivity index (χ1) is 20.2. The molecule has 0 aliphatic carbocycles. The largest absolute Gasteiger partial charge is 0.507 e. The van der Waals surface area contributed by atoms with Gasteiger partial charge in [-0.05, 0) is 79.1 Å². The Morgan fingerprint density at radius 1 is 0.929 bits per heavy atom. The predicted octanol–water partition coefficient (Wildman–Crippen LogP) is 5.37. The third-order valence-corrected chi connectivity index (χ3v) is 8.56. The number of aliphatic hydroxyl groups is 1. The molecule has 4 rings (SSSR count). The van der Waals surface area contributed by atoms with E-state index in [0.717, 1.165) is 17.7 Å². The number of hydrogen-bond donors (Lipinski definition) is 3. The summed E-state index contributed by atoms with van der Waals surface area (Å²) in [6.45, 7) is 2.38. The zero-order chi connectivity index (χ0) is 30.1. The summed E-state index contributed by atoms with van der Waals surface area (Å²) in [6.07, 6.45) is -0.228. The number of aliphatic hydroxyl groups excluding tert-OH is 1. The fraction of sp³-hybridized carbons (Fsp3) is 0.219. The molecule has 3 N–H and O–H groups in total. The molecule has 0 saturated heterocycles. The van der Waals surface area contributed by atoms with Crippen molar-refractivity contribution in [1.82, 2.24) is 5.32 Å².